The summed E-state index contributed by atoms with van der Waals surface area (Å²) in [6.45, 7) is 2.96. The maximum atomic E-state index is 12.8. The van der Waals surface area contributed by atoms with E-state index in [4.69, 9.17) is 5.73 Å². The van der Waals surface area contributed by atoms with E-state index >= 15 is 0 Å². The molecule has 0 aromatic carbocycles. The maximum absolute atomic E-state index is 12.8. The van der Waals surface area contributed by atoms with Gasteiger partial charge in [-0.3, -0.25) is 9.78 Å². The highest BCUT2D eigenvalue weighted by Gasteiger charge is 2.20. The molecule has 1 aliphatic heterocycles. The molecule has 0 aliphatic carbocycles. The van der Waals surface area contributed by atoms with Crippen molar-refractivity contribution >= 4 is 17.4 Å². The van der Waals surface area contributed by atoms with Crippen molar-refractivity contribution < 1.29 is 4.79 Å². The Labute approximate surface area is 172 Å². The van der Waals surface area contributed by atoms with Crippen molar-refractivity contribution in [2.75, 3.05) is 31.9 Å². The van der Waals surface area contributed by atoms with E-state index in [1.54, 1.807) is 23.0 Å². The molecule has 1 aliphatic rings. The van der Waals surface area contributed by atoms with Gasteiger partial charge >= 0.3 is 0 Å². The standard InChI is InChI=1S/C21H20N8O/c22-19-18(16-4-1-2-7-24-16)20-25-12-14(13-29(20)27-19)15-5-3-6-17(26-15)21(30)28-10-8-23-9-11-28/h1-7,12-13,23H,8-11H2,(H2,22,27). The van der Waals surface area contributed by atoms with Crippen LogP contribution in [0.25, 0.3) is 28.2 Å². The van der Waals surface area contributed by atoms with E-state index in [1.807, 2.05) is 41.4 Å². The molecule has 0 saturated carbocycles. The van der Waals surface area contributed by atoms with Crippen molar-refractivity contribution in [1.29, 1.82) is 0 Å². The molecule has 9 nitrogen and oxygen atoms in total. The van der Waals surface area contributed by atoms with Crippen LogP contribution in [0.15, 0.2) is 55.0 Å². The molecule has 1 fully saturated rings. The van der Waals surface area contributed by atoms with Gasteiger partial charge in [0.05, 0.1) is 17.0 Å². The topological polar surface area (TPSA) is 114 Å². The number of hydrogen-bond acceptors (Lipinski definition) is 7. The predicted octanol–water partition coefficient (Wildman–Crippen LogP) is 1.48. The molecule has 0 bridgehead atoms. The number of carbonyl (C=O) groups excluding carboxylic acids is 1. The van der Waals surface area contributed by atoms with Crippen LogP contribution in [0.5, 0.6) is 0 Å². The van der Waals surface area contributed by atoms with Gasteiger partial charge in [0.15, 0.2) is 11.5 Å². The summed E-state index contributed by atoms with van der Waals surface area (Å²) in [5.74, 6) is 0.294. The van der Waals surface area contributed by atoms with E-state index in [-0.39, 0.29) is 5.91 Å². The number of nitrogen functional groups attached to an aromatic ring is 1. The zero-order valence-corrected chi connectivity index (χ0v) is 16.2. The lowest BCUT2D eigenvalue weighted by Crippen LogP contribution is -2.46. The first-order valence-electron chi connectivity index (χ1n) is 9.73. The summed E-state index contributed by atoms with van der Waals surface area (Å²) in [6.07, 6.45) is 5.23. The summed E-state index contributed by atoms with van der Waals surface area (Å²) in [7, 11) is 0. The Balaban J connectivity index is 1.50. The summed E-state index contributed by atoms with van der Waals surface area (Å²) in [5.41, 5.74) is 9.97. The second-order valence-corrected chi connectivity index (χ2v) is 7.04. The van der Waals surface area contributed by atoms with Crippen LogP contribution in [-0.4, -0.2) is 61.6 Å². The van der Waals surface area contributed by atoms with E-state index < -0.39 is 0 Å². The highest BCUT2D eigenvalue weighted by Crippen LogP contribution is 2.28. The smallest absolute Gasteiger partial charge is 0.272 e. The van der Waals surface area contributed by atoms with Crippen LogP contribution in [0.2, 0.25) is 0 Å². The fourth-order valence-corrected chi connectivity index (χ4v) is 3.59. The molecule has 5 heterocycles. The van der Waals surface area contributed by atoms with E-state index in [2.05, 4.69) is 25.4 Å². The van der Waals surface area contributed by atoms with E-state index in [9.17, 15) is 4.79 Å². The molecule has 4 aromatic rings. The first-order chi connectivity index (χ1) is 14.7. The van der Waals surface area contributed by atoms with Crippen LogP contribution in [0, 0.1) is 0 Å². The van der Waals surface area contributed by atoms with Crippen molar-refractivity contribution in [3.63, 3.8) is 0 Å². The number of piperazine rings is 1. The Bertz CT molecular complexity index is 1210. The minimum absolute atomic E-state index is 0.0619. The Kier molecular flexibility index (Phi) is 4.56. The molecule has 5 rings (SSSR count). The van der Waals surface area contributed by atoms with E-state index in [0.717, 1.165) is 18.7 Å². The molecule has 4 aromatic heterocycles. The number of pyridine rings is 2. The monoisotopic (exact) mass is 400 g/mol. The number of hydrogen-bond donors (Lipinski definition) is 2. The number of nitrogens with one attached hydrogen (secondary N) is 1. The summed E-state index contributed by atoms with van der Waals surface area (Å²) in [4.78, 5) is 28.1. The third kappa shape index (κ3) is 3.25. The molecule has 1 amide bonds. The van der Waals surface area contributed by atoms with E-state index in [0.29, 0.717) is 47.2 Å². The van der Waals surface area contributed by atoms with Gasteiger partial charge in [0.25, 0.3) is 5.91 Å². The molecule has 0 radical (unpaired) electrons. The number of anilines is 1. The van der Waals surface area contributed by atoms with Gasteiger partial charge in [-0.2, -0.15) is 0 Å². The average Bonchev–Trinajstić information content (AvgIpc) is 3.14. The van der Waals surface area contributed by atoms with Gasteiger partial charge in [0, 0.05) is 50.3 Å². The molecule has 0 atom stereocenters. The van der Waals surface area contributed by atoms with Crippen molar-refractivity contribution in [1.82, 2.24) is 34.8 Å². The molecule has 1 saturated heterocycles. The molecule has 150 valence electrons. The highest BCUT2D eigenvalue weighted by molar-refractivity contribution is 5.93. The summed E-state index contributed by atoms with van der Waals surface area (Å²) < 4.78 is 1.63. The fourth-order valence-electron chi connectivity index (χ4n) is 3.59. The molecule has 9 heteroatoms. The summed E-state index contributed by atoms with van der Waals surface area (Å²) >= 11 is 0. The number of nitrogens with zero attached hydrogens (tertiary/aromatic N) is 6. The lowest BCUT2D eigenvalue weighted by Gasteiger charge is -2.27. The second-order valence-electron chi connectivity index (χ2n) is 7.04. The van der Waals surface area contributed by atoms with Crippen LogP contribution in [0.4, 0.5) is 5.82 Å². The number of amides is 1. The average molecular weight is 400 g/mol. The summed E-state index contributed by atoms with van der Waals surface area (Å²) in [6, 6.07) is 11.0. The Morgan fingerprint density at radius 2 is 1.87 bits per heavy atom. The normalized spacial score (nSPS) is 14.2. The van der Waals surface area contributed by atoms with Gasteiger partial charge in [-0.05, 0) is 24.3 Å². The first kappa shape index (κ1) is 18.2. The molecular weight excluding hydrogens is 380 g/mol. The number of aromatic nitrogens is 5. The van der Waals surface area contributed by atoms with Crippen molar-refractivity contribution in [2.24, 2.45) is 0 Å². The zero-order valence-electron chi connectivity index (χ0n) is 16.2. The Morgan fingerprint density at radius 3 is 2.67 bits per heavy atom. The fraction of sp³-hybridized carbons (Fsp3) is 0.190. The lowest BCUT2D eigenvalue weighted by atomic mass is 10.2. The minimum Gasteiger partial charge on any atom is -0.382 e. The van der Waals surface area contributed by atoms with Crippen LogP contribution in [0.3, 0.4) is 0 Å². The third-order valence-corrected chi connectivity index (χ3v) is 5.09. The quantitative estimate of drug-likeness (QED) is 0.535. The Morgan fingerprint density at radius 1 is 1.03 bits per heavy atom. The predicted molar refractivity (Wildman–Crippen MR) is 113 cm³/mol. The molecule has 0 unspecified atom stereocenters. The van der Waals surface area contributed by atoms with Crippen LogP contribution >= 0.6 is 0 Å². The Hall–Kier alpha value is -3.85. The minimum atomic E-state index is -0.0619. The molecular formula is C21H20N8O. The first-order valence-corrected chi connectivity index (χ1v) is 9.73. The number of carbonyl (C=O) groups is 1. The number of nitrogens with two attached hydrogens (primary N) is 1. The molecule has 0 spiro atoms. The summed E-state index contributed by atoms with van der Waals surface area (Å²) in [5, 5.41) is 7.64. The second kappa shape index (κ2) is 7.53. The lowest BCUT2D eigenvalue weighted by molar-refractivity contribution is 0.0730. The largest absolute Gasteiger partial charge is 0.382 e. The van der Waals surface area contributed by atoms with Gasteiger partial charge < -0.3 is 16.0 Å². The van der Waals surface area contributed by atoms with Gasteiger partial charge in [0.1, 0.15) is 5.69 Å². The highest BCUT2D eigenvalue weighted by atomic mass is 16.2. The molecule has 30 heavy (non-hydrogen) atoms. The maximum Gasteiger partial charge on any atom is 0.272 e. The van der Waals surface area contributed by atoms with Gasteiger partial charge in [-0.15, -0.1) is 5.10 Å². The van der Waals surface area contributed by atoms with Crippen molar-refractivity contribution in [2.45, 2.75) is 0 Å². The van der Waals surface area contributed by atoms with Crippen molar-refractivity contribution in [3.05, 3.63) is 60.7 Å². The SMILES string of the molecule is Nc1nn2cc(-c3cccc(C(=O)N4CCNCC4)n3)cnc2c1-c1ccccn1. The third-order valence-electron chi connectivity index (χ3n) is 5.09. The van der Waals surface area contributed by atoms with Crippen molar-refractivity contribution in [3.8, 4) is 22.5 Å². The van der Waals surface area contributed by atoms with Gasteiger partial charge in [-0.1, -0.05) is 12.1 Å². The van der Waals surface area contributed by atoms with Gasteiger partial charge in [0.2, 0.25) is 0 Å². The number of rotatable bonds is 3. The van der Waals surface area contributed by atoms with Crippen LogP contribution in [0.1, 0.15) is 10.5 Å². The van der Waals surface area contributed by atoms with Gasteiger partial charge in [-0.25, -0.2) is 14.5 Å². The van der Waals surface area contributed by atoms with Crippen LogP contribution in [-0.2, 0) is 0 Å². The van der Waals surface area contributed by atoms with Crippen LogP contribution < -0.4 is 11.1 Å². The van der Waals surface area contributed by atoms with E-state index in [1.165, 1.54) is 0 Å². The number of fused-ring (bicyclic) bond motifs is 1. The zero-order chi connectivity index (χ0) is 20.5. The molecule has 3 N–H and O–H groups in total.